The van der Waals surface area contributed by atoms with Gasteiger partial charge in [0.15, 0.2) is 11.6 Å². The molecule has 1 aromatic carbocycles. The molecule has 0 aliphatic carbocycles. The SMILES string of the molecule is CCn1cc(C(=O)O)c(=O)c2cc(F)c(N3CCC4(CCOC4)CC3)c(OC)c21. The minimum atomic E-state index is -1.33. The highest BCUT2D eigenvalue weighted by molar-refractivity contribution is 5.97. The number of fused-ring (bicyclic) bond motifs is 1. The smallest absolute Gasteiger partial charge is 0.341 e. The molecule has 8 heteroatoms. The van der Waals surface area contributed by atoms with E-state index in [9.17, 15) is 14.7 Å². The highest BCUT2D eigenvalue weighted by atomic mass is 19.1. The van der Waals surface area contributed by atoms with Gasteiger partial charge in [0, 0.05) is 32.4 Å². The zero-order valence-corrected chi connectivity index (χ0v) is 16.7. The lowest BCUT2D eigenvalue weighted by Crippen LogP contribution is -2.41. The first-order valence-corrected chi connectivity index (χ1v) is 9.90. The Hall–Kier alpha value is -2.61. The number of benzene rings is 1. The average Bonchev–Trinajstić information content (AvgIpc) is 3.16. The third kappa shape index (κ3) is 3.15. The number of nitrogens with zero attached hydrogens (tertiary/aromatic N) is 2. The summed E-state index contributed by atoms with van der Waals surface area (Å²) in [4.78, 5) is 26.1. The summed E-state index contributed by atoms with van der Waals surface area (Å²) in [5, 5.41) is 9.36. The van der Waals surface area contributed by atoms with E-state index in [-0.39, 0.29) is 22.1 Å². The number of pyridine rings is 1. The minimum absolute atomic E-state index is 0.0162. The van der Waals surface area contributed by atoms with Crippen LogP contribution in [-0.2, 0) is 11.3 Å². The van der Waals surface area contributed by atoms with Crippen LogP contribution in [0.25, 0.3) is 10.9 Å². The molecular formula is C21H25FN2O5. The maximum Gasteiger partial charge on any atom is 0.341 e. The Labute approximate surface area is 167 Å². The minimum Gasteiger partial charge on any atom is -0.492 e. The van der Waals surface area contributed by atoms with E-state index < -0.39 is 17.2 Å². The number of carbonyl (C=O) groups is 1. The molecule has 2 aromatic rings. The number of hydrogen-bond acceptors (Lipinski definition) is 5. The lowest BCUT2D eigenvalue weighted by molar-refractivity contribution is 0.0695. The fraction of sp³-hybridized carbons (Fsp3) is 0.524. The number of aromatic carboxylic acids is 1. The number of carboxylic acid groups (broad SMARTS) is 1. The predicted octanol–water partition coefficient (Wildman–Crippen LogP) is 2.87. The summed E-state index contributed by atoms with van der Waals surface area (Å²) in [7, 11) is 1.45. The highest BCUT2D eigenvalue weighted by Crippen LogP contribution is 2.44. The van der Waals surface area contributed by atoms with Crippen LogP contribution in [-0.4, -0.2) is 49.1 Å². The van der Waals surface area contributed by atoms with Crippen LogP contribution in [0.2, 0.25) is 0 Å². The Morgan fingerprint density at radius 3 is 2.62 bits per heavy atom. The number of rotatable bonds is 4. The third-order valence-electron chi connectivity index (χ3n) is 6.34. The summed E-state index contributed by atoms with van der Waals surface area (Å²) in [6, 6.07) is 1.15. The summed E-state index contributed by atoms with van der Waals surface area (Å²) in [6.45, 7) is 5.13. The normalized spacial score (nSPS) is 18.5. The van der Waals surface area contributed by atoms with Gasteiger partial charge in [-0.2, -0.15) is 0 Å². The van der Waals surface area contributed by atoms with E-state index in [1.54, 1.807) is 4.57 Å². The van der Waals surface area contributed by atoms with Gasteiger partial charge in [0.2, 0.25) is 5.43 Å². The van der Waals surface area contributed by atoms with Crippen LogP contribution >= 0.6 is 0 Å². The molecule has 0 unspecified atom stereocenters. The van der Waals surface area contributed by atoms with E-state index in [0.29, 0.717) is 30.8 Å². The first kappa shape index (κ1) is 19.7. The van der Waals surface area contributed by atoms with Gasteiger partial charge in [-0.25, -0.2) is 9.18 Å². The van der Waals surface area contributed by atoms with Gasteiger partial charge in [-0.15, -0.1) is 0 Å². The van der Waals surface area contributed by atoms with E-state index >= 15 is 4.39 Å². The van der Waals surface area contributed by atoms with Crippen molar-refractivity contribution in [3.8, 4) is 5.75 Å². The van der Waals surface area contributed by atoms with Gasteiger partial charge in [-0.05, 0) is 37.7 Å². The molecular weight excluding hydrogens is 379 g/mol. The van der Waals surface area contributed by atoms with E-state index in [0.717, 1.165) is 38.5 Å². The van der Waals surface area contributed by atoms with Crippen LogP contribution in [0.1, 0.15) is 36.5 Å². The maximum absolute atomic E-state index is 15.2. The van der Waals surface area contributed by atoms with Gasteiger partial charge in [0.1, 0.15) is 11.3 Å². The standard InChI is InChI=1S/C21H25FN2O5/c1-3-23-11-14(20(26)27)18(25)13-10-15(22)17(19(28-2)16(13)23)24-7-4-21(5-8-24)6-9-29-12-21/h10-11H,3-9,12H2,1-2H3,(H,26,27). The summed E-state index contributed by atoms with van der Waals surface area (Å²) < 4.78 is 28.0. The van der Waals surface area contributed by atoms with Crippen molar-refractivity contribution in [2.24, 2.45) is 5.41 Å². The van der Waals surface area contributed by atoms with Gasteiger partial charge >= 0.3 is 5.97 Å². The molecule has 1 aromatic heterocycles. The fourth-order valence-corrected chi connectivity index (χ4v) is 4.63. The third-order valence-corrected chi connectivity index (χ3v) is 6.34. The molecule has 156 valence electrons. The fourth-order valence-electron chi connectivity index (χ4n) is 4.63. The number of anilines is 1. The Morgan fingerprint density at radius 1 is 1.34 bits per heavy atom. The number of ether oxygens (including phenoxy) is 2. The molecule has 0 atom stereocenters. The Bertz CT molecular complexity index is 1020. The number of aromatic nitrogens is 1. The number of methoxy groups -OCH3 is 1. The number of hydrogen-bond donors (Lipinski definition) is 1. The molecule has 4 rings (SSSR count). The van der Waals surface area contributed by atoms with Gasteiger partial charge < -0.3 is 24.0 Å². The van der Waals surface area contributed by atoms with Crippen molar-refractivity contribution in [3.05, 3.63) is 33.9 Å². The molecule has 1 spiro atoms. The van der Waals surface area contributed by atoms with E-state index in [1.807, 2.05) is 11.8 Å². The van der Waals surface area contributed by atoms with Crippen molar-refractivity contribution in [2.75, 3.05) is 38.3 Å². The van der Waals surface area contributed by atoms with Crippen LogP contribution in [0, 0.1) is 11.2 Å². The van der Waals surface area contributed by atoms with E-state index in [2.05, 4.69) is 0 Å². The molecule has 1 N–H and O–H groups in total. The van der Waals surface area contributed by atoms with E-state index in [1.165, 1.54) is 13.3 Å². The quantitative estimate of drug-likeness (QED) is 0.844. The van der Waals surface area contributed by atoms with Crippen LogP contribution in [0.4, 0.5) is 10.1 Å². The molecule has 0 bridgehead atoms. The lowest BCUT2D eigenvalue weighted by Gasteiger charge is -2.40. The number of carboxylic acids is 1. The van der Waals surface area contributed by atoms with Crippen molar-refractivity contribution >= 4 is 22.6 Å². The Morgan fingerprint density at radius 2 is 2.07 bits per heavy atom. The van der Waals surface area contributed by atoms with E-state index in [4.69, 9.17) is 9.47 Å². The van der Waals surface area contributed by atoms with Crippen molar-refractivity contribution in [1.82, 2.24) is 4.57 Å². The summed E-state index contributed by atoms with van der Waals surface area (Å²) >= 11 is 0. The van der Waals surface area contributed by atoms with Crippen molar-refractivity contribution in [2.45, 2.75) is 32.7 Å². The van der Waals surface area contributed by atoms with Crippen molar-refractivity contribution < 1.29 is 23.8 Å². The number of aryl methyl sites for hydroxylation is 1. The molecule has 2 saturated heterocycles. The maximum atomic E-state index is 15.2. The summed E-state index contributed by atoms with van der Waals surface area (Å²) in [5.41, 5.74) is -0.153. The second-order valence-corrected chi connectivity index (χ2v) is 7.89. The van der Waals surface area contributed by atoms with Crippen LogP contribution in [0.15, 0.2) is 17.1 Å². The number of piperidine rings is 1. The van der Waals surface area contributed by atoms with Crippen LogP contribution < -0.4 is 15.1 Å². The molecule has 2 fully saturated rings. The first-order chi connectivity index (χ1) is 13.9. The van der Waals surface area contributed by atoms with Gasteiger partial charge in [0.25, 0.3) is 0 Å². The molecule has 29 heavy (non-hydrogen) atoms. The first-order valence-electron chi connectivity index (χ1n) is 9.90. The topological polar surface area (TPSA) is 81.0 Å². The second kappa shape index (κ2) is 7.33. The molecule has 2 aliphatic rings. The second-order valence-electron chi connectivity index (χ2n) is 7.89. The summed E-state index contributed by atoms with van der Waals surface area (Å²) in [5.74, 6) is -1.63. The van der Waals surface area contributed by atoms with Crippen molar-refractivity contribution in [3.63, 3.8) is 0 Å². The number of halogens is 1. The van der Waals surface area contributed by atoms with Gasteiger partial charge in [-0.3, -0.25) is 4.79 Å². The lowest BCUT2D eigenvalue weighted by atomic mass is 9.78. The van der Waals surface area contributed by atoms with Crippen molar-refractivity contribution in [1.29, 1.82) is 0 Å². The molecule has 2 aliphatic heterocycles. The largest absolute Gasteiger partial charge is 0.492 e. The highest BCUT2D eigenvalue weighted by Gasteiger charge is 2.39. The Kier molecular flexibility index (Phi) is 4.98. The van der Waals surface area contributed by atoms with Crippen LogP contribution in [0.3, 0.4) is 0 Å². The van der Waals surface area contributed by atoms with Crippen LogP contribution in [0.5, 0.6) is 5.75 Å². The molecule has 0 radical (unpaired) electrons. The van der Waals surface area contributed by atoms with Gasteiger partial charge in [0.05, 0.1) is 24.6 Å². The Balaban J connectivity index is 1.85. The molecule has 3 heterocycles. The monoisotopic (exact) mass is 404 g/mol. The molecule has 0 saturated carbocycles. The van der Waals surface area contributed by atoms with Gasteiger partial charge in [-0.1, -0.05) is 0 Å². The average molecular weight is 404 g/mol. The molecule has 0 amide bonds. The predicted molar refractivity (Wildman–Crippen MR) is 107 cm³/mol. The zero-order chi connectivity index (χ0) is 20.8. The zero-order valence-electron chi connectivity index (χ0n) is 16.7. The molecule has 7 nitrogen and oxygen atoms in total. The summed E-state index contributed by atoms with van der Waals surface area (Å²) in [6.07, 6.45) is 4.15.